The molecule has 0 aliphatic heterocycles. The minimum Gasteiger partial charge on any atom is -0.370 e. The van der Waals surface area contributed by atoms with Crippen molar-refractivity contribution in [2.45, 2.75) is 39.2 Å². The molecule has 3 rings (SSSR count). The minimum absolute atomic E-state index is 0.447. The molecule has 1 aliphatic rings. The Morgan fingerprint density at radius 3 is 2.86 bits per heavy atom. The van der Waals surface area contributed by atoms with Crippen LogP contribution in [0.1, 0.15) is 35.4 Å². The van der Waals surface area contributed by atoms with Gasteiger partial charge in [0.2, 0.25) is 0 Å². The summed E-state index contributed by atoms with van der Waals surface area (Å²) in [6.07, 6.45) is 4.80. The minimum atomic E-state index is 0.447. The van der Waals surface area contributed by atoms with Crippen LogP contribution in [0.2, 0.25) is 0 Å². The van der Waals surface area contributed by atoms with Crippen LogP contribution < -0.4 is 11.1 Å². The van der Waals surface area contributed by atoms with Crippen molar-refractivity contribution in [3.63, 3.8) is 0 Å². The molecule has 1 aromatic heterocycles. The Kier molecular flexibility index (Phi) is 4.37. The fourth-order valence-electron chi connectivity index (χ4n) is 2.93. The number of aromatic nitrogens is 1. The average Bonchev–Trinajstić information content (AvgIpc) is 2.53. The van der Waals surface area contributed by atoms with Crippen molar-refractivity contribution < 1.29 is 0 Å². The maximum Gasteiger partial charge on any atom is 0.193 e. The summed E-state index contributed by atoms with van der Waals surface area (Å²) in [6.45, 7) is 2.47. The zero-order valence-corrected chi connectivity index (χ0v) is 13.0. The van der Waals surface area contributed by atoms with Gasteiger partial charge in [0, 0.05) is 11.4 Å². The Bertz CT molecular complexity index is 691. The van der Waals surface area contributed by atoms with E-state index in [1.54, 1.807) is 0 Å². The molecule has 114 valence electrons. The molecule has 22 heavy (non-hydrogen) atoms. The second kappa shape index (κ2) is 6.60. The second-order valence-corrected chi connectivity index (χ2v) is 5.75. The number of rotatable bonds is 3. The molecule has 0 saturated carbocycles. The summed E-state index contributed by atoms with van der Waals surface area (Å²) in [6, 6.07) is 12.3. The first-order valence-corrected chi connectivity index (χ1v) is 7.82. The van der Waals surface area contributed by atoms with Crippen molar-refractivity contribution in [1.82, 2.24) is 4.98 Å². The van der Waals surface area contributed by atoms with Crippen molar-refractivity contribution in [3.8, 4) is 0 Å². The van der Waals surface area contributed by atoms with E-state index in [1.807, 2.05) is 25.1 Å². The van der Waals surface area contributed by atoms with E-state index in [2.05, 4.69) is 33.5 Å². The molecule has 0 atom stereocenters. The highest BCUT2D eigenvalue weighted by atomic mass is 15.1. The number of fused-ring (bicyclic) bond motifs is 1. The van der Waals surface area contributed by atoms with Gasteiger partial charge in [-0.1, -0.05) is 18.2 Å². The van der Waals surface area contributed by atoms with Crippen LogP contribution in [0.3, 0.4) is 0 Å². The van der Waals surface area contributed by atoms with Gasteiger partial charge in [0.05, 0.1) is 12.2 Å². The van der Waals surface area contributed by atoms with Crippen LogP contribution in [0.15, 0.2) is 41.4 Å². The molecular weight excluding hydrogens is 272 g/mol. The number of hydrogen-bond donors (Lipinski definition) is 2. The van der Waals surface area contributed by atoms with Gasteiger partial charge >= 0.3 is 0 Å². The van der Waals surface area contributed by atoms with Gasteiger partial charge in [-0.25, -0.2) is 4.99 Å². The number of benzene rings is 1. The molecule has 1 aliphatic carbocycles. The number of nitrogens with zero attached hydrogens (tertiary/aromatic N) is 2. The normalized spacial score (nSPS) is 14.5. The summed E-state index contributed by atoms with van der Waals surface area (Å²) in [5.41, 5.74) is 11.9. The summed E-state index contributed by atoms with van der Waals surface area (Å²) in [7, 11) is 0. The highest BCUT2D eigenvalue weighted by Gasteiger charge is 2.13. The topological polar surface area (TPSA) is 63.3 Å². The predicted octanol–water partition coefficient (Wildman–Crippen LogP) is 3.20. The Morgan fingerprint density at radius 2 is 2.00 bits per heavy atom. The zero-order valence-electron chi connectivity index (χ0n) is 13.0. The second-order valence-electron chi connectivity index (χ2n) is 5.75. The molecule has 4 heteroatoms. The van der Waals surface area contributed by atoms with Gasteiger partial charge in [-0.3, -0.25) is 4.98 Å². The Hall–Kier alpha value is -2.36. The van der Waals surface area contributed by atoms with Crippen molar-refractivity contribution in [3.05, 3.63) is 58.9 Å². The third-order valence-corrected chi connectivity index (χ3v) is 4.02. The van der Waals surface area contributed by atoms with Gasteiger partial charge in [0.15, 0.2) is 5.96 Å². The molecular formula is C18H22N4. The van der Waals surface area contributed by atoms with Crippen molar-refractivity contribution in [1.29, 1.82) is 0 Å². The Labute approximate surface area is 131 Å². The first kappa shape index (κ1) is 14.6. The summed E-state index contributed by atoms with van der Waals surface area (Å²) < 4.78 is 0. The lowest BCUT2D eigenvalue weighted by Gasteiger charge is -2.19. The lowest BCUT2D eigenvalue weighted by molar-refractivity contribution is 0.687. The van der Waals surface area contributed by atoms with Gasteiger partial charge < -0.3 is 11.1 Å². The van der Waals surface area contributed by atoms with Gasteiger partial charge in [0.25, 0.3) is 0 Å². The number of nitrogens with one attached hydrogen (secondary N) is 1. The molecule has 1 heterocycles. The van der Waals surface area contributed by atoms with Crippen molar-refractivity contribution in [2.24, 2.45) is 10.7 Å². The quantitative estimate of drug-likeness (QED) is 0.675. The summed E-state index contributed by atoms with van der Waals surface area (Å²) in [4.78, 5) is 8.83. The van der Waals surface area contributed by atoms with E-state index in [1.165, 1.54) is 24.0 Å². The molecule has 4 nitrogen and oxygen atoms in total. The van der Waals surface area contributed by atoms with Gasteiger partial charge in [-0.2, -0.15) is 0 Å². The standard InChI is InChI=1S/C18H22N4/c1-13-6-4-9-15(21-13)12-20-18(19)22-17-11-5-8-14-7-2-3-10-16(14)17/h4-6,8-9,11H,2-3,7,10,12H2,1H3,(H3,19,20,22). The van der Waals surface area contributed by atoms with Gasteiger partial charge in [-0.05, 0) is 61.9 Å². The number of pyridine rings is 1. The molecule has 0 radical (unpaired) electrons. The van der Waals surface area contributed by atoms with Crippen LogP contribution in [0, 0.1) is 6.92 Å². The molecule has 0 unspecified atom stereocenters. The SMILES string of the molecule is Cc1cccc(CN=C(N)Nc2cccc3c2CCCC3)n1. The van der Waals surface area contributed by atoms with E-state index in [4.69, 9.17) is 5.73 Å². The van der Waals surface area contributed by atoms with Crippen LogP contribution in [0.25, 0.3) is 0 Å². The van der Waals surface area contributed by atoms with Crippen LogP contribution >= 0.6 is 0 Å². The first-order chi connectivity index (χ1) is 10.7. The predicted molar refractivity (Wildman–Crippen MR) is 91.0 cm³/mol. The Morgan fingerprint density at radius 1 is 1.18 bits per heavy atom. The average molecular weight is 294 g/mol. The monoisotopic (exact) mass is 294 g/mol. The van der Waals surface area contributed by atoms with Crippen LogP contribution in [-0.2, 0) is 19.4 Å². The summed E-state index contributed by atoms with van der Waals surface area (Å²) in [5.74, 6) is 0.447. The van der Waals surface area contributed by atoms with Crippen LogP contribution in [-0.4, -0.2) is 10.9 Å². The van der Waals surface area contributed by atoms with Crippen LogP contribution in [0.5, 0.6) is 0 Å². The van der Waals surface area contributed by atoms with E-state index < -0.39 is 0 Å². The van der Waals surface area contributed by atoms with E-state index >= 15 is 0 Å². The Balaban J connectivity index is 1.71. The molecule has 3 N–H and O–H groups in total. The maximum atomic E-state index is 6.04. The first-order valence-electron chi connectivity index (χ1n) is 7.82. The maximum absolute atomic E-state index is 6.04. The molecule has 0 spiro atoms. The lowest BCUT2D eigenvalue weighted by atomic mass is 9.90. The van der Waals surface area contributed by atoms with E-state index in [-0.39, 0.29) is 0 Å². The van der Waals surface area contributed by atoms with Gasteiger partial charge in [0.1, 0.15) is 0 Å². The highest BCUT2D eigenvalue weighted by Crippen LogP contribution is 2.27. The number of hydrogen-bond acceptors (Lipinski definition) is 2. The third-order valence-electron chi connectivity index (χ3n) is 4.02. The van der Waals surface area contributed by atoms with Crippen molar-refractivity contribution >= 4 is 11.6 Å². The molecule has 0 bridgehead atoms. The summed E-state index contributed by atoms with van der Waals surface area (Å²) >= 11 is 0. The lowest BCUT2D eigenvalue weighted by Crippen LogP contribution is -2.24. The van der Waals surface area contributed by atoms with Crippen molar-refractivity contribution in [2.75, 3.05) is 5.32 Å². The third kappa shape index (κ3) is 3.45. The number of nitrogens with two attached hydrogens (primary N) is 1. The molecule has 2 aromatic rings. The fraction of sp³-hybridized carbons (Fsp3) is 0.333. The zero-order chi connectivity index (χ0) is 15.4. The van der Waals surface area contributed by atoms with E-state index in [0.717, 1.165) is 29.9 Å². The number of anilines is 1. The van der Waals surface area contributed by atoms with E-state index in [0.29, 0.717) is 12.5 Å². The number of aryl methyl sites for hydroxylation is 2. The highest BCUT2D eigenvalue weighted by molar-refractivity contribution is 5.93. The number of aliphatic imine (C=N–C) groups is 1. The molecule has 0 saturated heterocycles. The number of guanidine groups is 1. The smallest absolute Gasteiger partial charge is 0.193 e. The summed E-state index contributed by atoms with van der Waals surface area (Å²) in [5, 5.41) is 3.25. The largest absolute Gasteiger partial charge is 0.370 e. The van der Waals surface area contributed by atoms with E-state index in [9.17, 15) is 0 Å². The molecule has 1 aromatic carbocycles. The van der Waals surface area contributed by atoms with Gasteiger partial charge in [-0.15, -0.1) is 0 Å². The fourth-order valence-corrected chi connectivity index (χ4v) is 2.93. The molecule has 0 fully saturated rings. The van der Waals surface area contributed by atoms with Crippen LogP contribution in [0.4, 0.5) is 5.69 Å². The molecule has 0 amide bonds.